The van der Waals surface area contributed by atoms with Crippen LogP contribution in [0.5, 0.6) is 5.75 Å². The fraction of sp³-hybridized carbons (Fsp3) is 0.258. The number of alkyl halides is 2. The highest BCUT2D eigenvalue weighted by Gasteiger charge is 2.23. The highest BCUT2D eigenvalue weighted by molar-refractivity contribution is 9.10. The molecule has 0 spiro atoms. The Balaban J connectivity index is 1.39. The van der Waals surface area contributed by atoms with Crippen molar-refractivity contribution in [3.8, 4) is 16.9 Å². The average Bonchev–Trinajstić information content (AvgIpc) is 3.53. The number of aromatic nitrogens is 4. The monoisotopic (exact) mass is 696 g/mol. The average molecular weight is 698 g/mol. The Hall–Kier alpha value is -4.06. The van der Waals surface area contributed by atoms with Crippen LogP contribution in [0.2, 0.25) is 0 Å². The molecule has 2 aromatic heterocycles. The number of rotatable bonds is 9. The minimum atomic E-state index is -2.75. The van der Waals surface area contributed by atoms with E-state index in [9.17, 15) is 13.3 Å². The van der Waals surface area contributed by atoms with Crippen LogP contribution < -0.4 is 30.9 Å². The Labute approximate surface area is 267 Å². The third-order valence-corrected chi connectivity index (χ3v) is 9.71. The van der Waals surface area contributed by atoms with Crippen LogP contribution in [0, 0.1) is 0 Å². The fourth-order valence-electron chi connectivity index (χ4n) is 5.52. The van der Waals surface area contributed by atoms with Crippen molar-refractivity contribution < 1.29 is 18.1 Å². The van der Waals surface area contributed by atoms with Crippen molar-refractivity contribution in [2.75, 3.05) is 62.2 Å². The van der Waals surface area contributed by atoms with E-state index in [4.69, 9.17) is 9.72 Å². The third kappa shape index (κ3) is 6.51. The summed E-state index contributed by atoms with van der Waals surface area (Å²) in [6.07, 6.45) is 4.38. The molecule has 1 saturated heterocycles. The van der Waals surface area contributed by atoms with E-state index in [1.54, 1.807) is 26.6 Å². The summed E-state index contributed by atoms with van der Waals surface area (Å²) >= 11 is 3.55. The molecule has 0 radical (unpaired) electrons. The summed E-state index contributed by atoms with van der Waals surface area (Å²) in [6, 6.07) is 15.5. The second kappa shape index (κ2) is 12.7. The Bertz CT molecular complexity index is 1910. The summed E-state index contributed by atoms with van der Waals surface area (Å²) in [7, 11) is -1.13. The van der Waals surface area contributed by atoms with Crippen molar-refractivity contribution in [3.05, 3.63) is 71.6 Å². The van der Waals surface area contributed by atoms with E-state index in [2.05, 4.69) is 46.9 Å². The first-order valence-corrected chi connectivity index (χ1v) is 17.7. The van der Waals surface area contributed by atoms with Gasteiger partial charge in [0.15, 0.2) is 0 Å². The topological polar surface area (TPSA) is 109 Å². The molecule has 0 amide bonds. The van der Waals surface area contributed by atoms with Crippen LogP contribution in [0.1, 0.15) is 6.55 Å². The second-order valence-corrected chi connectivity index (χ2v) is 15.0. The normalized spacial score (nSPS) is 13.8. The van der Waals surface area contributed by atoms with Gasteiger partial charge in [0.2, 0.25) is 5.95 Å². The number of halogens is 3. The van der Waals surface area contributed by atoms with E-state index in [0.29, 0.717) is 43.2 Å². The Kier molecular flexibility index (Phi) is 8.76. The molecule has 6 rings (SSSR count). The molecule has 14 heteroatoms. The minimum Gasteiger partial charge on any atom is -0.494 e. The lowest BCUT2D eigenvalue weighted by atomic mass is 10.0. The van der Waals surface area contributed by atoms with Crippen molar-refractivity contribution in [1.82, 2.24) is 25.1 Å². The van der Waals surface area contributed by atoms with Crippen molar-refractivity contribution in [2.45, 2.75) is 6.55 Å². The first kappa shape index (κ1) is 30.9. The minimum absolute atomic E-state index is 0.265. The fourth-order valence-corrected chi connectivity index (χ4v) is 7.30. The van der Waals surface area contributed by atoms with Gasteiger partial charge in [-0.15, -0.1) is 0 Å². The molecule has 0 aliphatic carbocycles. The van der Waals surface area contributed by atoms with E-state index in [-0.39, 0.29) is 5.95 Å². The SMILES string of the molecule is COc1cc(N2CCNCC2)c(-c2cnn(C(F)F)c2)cc1Nc1ncc(Br)c(Nc2ccc3ccccc3c2P(C)(C)=O)n1. The van der Waals surface area contributed by atoms with Crippen LogP contribution in [0.3, 0.4) is 0 Å². The van der Waals surface area contributed by atoms with Gasteiger partial charge in [0.05, 0.1) is 29.2 Å². The van der Waals surface area contributed by atoms with Gasteiger partial charge < -0.3 is 30.2 Å². The summed E-state index contributed by atoms with van der Waals surface area (Å²) in [5.41, 5.74) is 3.33. The third-order valence-electron chi connectivity index (χ3n) is 7.57. The summed E-state index contributed by atoms with van der Waals surface area (Å²) in [5, 5.41) is 16.5. The predicted octanol–water partition coefficient (Wildman–Crippen LogP) is 6.80. The number of anilines is 5. The van der Waals surface area contributed by atoms with Gasteiger partial charge in [0.1, 0.15) is 18.7 Å². The van der Waals surface area contributed by atoms with Crippen LogP contribution in [0.4, 0.5) is 37.6 Å². The molecule has 0 bridgehead atoms. The van der Waals surface area contributed by atoms with E-state index in [0.717, 1.165) is 47.9 Å². The van der Waals surface area contributed by atoms with E-state index in [1.165, 1.54) is 12.4 Å². The van der Waals surface area contributed by atoms with Crippen LogP contribution >= 0.6 is 23.1 Å². The molecular weight excluding hydrogens is 665 g/mol. The molecule has 0 saturated carbocycles. The molecule has 1 fully saturated rings. The highest BCUT2D eigenvalue weighted by Crippen LogP contribution is 2.43. The first-order valence-electron chi connectivity index (χ1n) is 14.3. The van der Waals surface area contributed by atoms with E-state index < -0.39 is 13.7 Å². The molecule has 1 aliphatic heterocycles. The van der Waals surface area contributed by atoms with Crippen molar-refractivity contribution in [3.63, 3.8) is 0 Å². The lowest BCUT2D eigenvalue weighted by Crippen LogP contribution is -2.43. The zero-order valence-electron chi connectivity index (χ0n) is 24.9. The smallest absolute Gasteiger partial charge is 0.333 e. The maximum absolute atomic E-state index is 13.5. The second-order valence-electron chi connectivity index (χ2n) is 11.0. The molecule has 1 aliphatic rings. The molecule has 3 N–H and O–H groups in total. The number of benzene rings is 3. The maximum atomic E-state index is 13.5. The van der Waals surface area contributed by atoms with Crippen molar-refractivity contribution >= 4 is 68.0 Å². The number of piperazine rings is 1. The Morgan fingerprint density at radius 3 is 2.53 bits per heavy atom. The summed E-state index contributed by atoms with van der Waals surface area (Å²) in [4.78, 5) is 11.4. The molecule has 3 heterocycles. The predicted molar refractivity (Wildman–Crippen MR) is 180 cm³/mol. The lowest BCUT2D eigenvalue weighted by Gasteiger charge is -2.31. The largest absolute Gasteiger partial charge is 0.494 e. The van der Waals surface area contributed by atoms with Crippen molar-refractivity contribution in [1.29, 1.82) is 0 Å². The number of nitrogens with one attached hydrogen (secondary N) is 3. The van der Waals surface area contributed by atoms with Gasteiger partial charge in [-0.2, -0.15) is 18.9 Å². The summed E-state index contributed by atoms with van der Waals surface area (Å²) in [6.45, 7) is 3.83. The molecule has 3 aromatic carbocycles. The Morgan fingerprint density at radius 1 is 1.04 bits per heavy atom. The van der Waals surface area contributed by atoms with Gasteiger partial charge >= 0.3 is 6.55 Å². The quantitative estimate of drug-likeness (QED) is 0.143. The maximum Gasteiger partial charge on any atom is 0.333 e. The van der Waals surface area contributed by atoms with Crippen molar-refractivity contribution in [2.24, 2.45) is 0 Å². The van der Waals surface area contributed by atoms with Crippen LogP contribution in [0.15, 0.2) is 71.6 Å². The lowest BCUT2D eigenvalue weighted by molar-refractivity contribution is 0.0566. The van der Waals surface area contributed by atoms with Gasteiger partial charge in [-0.05, 0) is 52.2 Å². The first-order chi connectivity index (χ1) is 21.6. The van der Waals surface area contributed by atoms with E-state index >= 15 is 0 Å². The van der Waals surface area contributed by atoms with Gasteiger partial charge in [-0.25, -0.2) is 9.67 Å². The van der Waals surface area contributed by atoms with Gasteiger partial charge in [0, 0.05) is 66.8 Å². The highest BCUT2D eigenvalue weighted by atomic mass is 79.9. The summed E-state index contributed by atoms with van der Waals surface area (Å²) in [5.74, 6) is 1.26. The number of hydrogen-bond donors (Lipinski definition) is 3. The molecule has 10 nitrogen and oxygen atoms in total. The van der Waals surface area contributed by atoms with Gasteiger partial charge in [0.25, 0.3) is 0 Å². The molecule has 234 valence electrons. The zero-order valence-corrected chi connectivity index (χ0v) is 27.4. The summed E-state index contributed by atoms with van der Waals surface area (Å²) < 4.78 is 47.4. The number of fused-ring (bicyclic) bond motifs is 1. The molecule has 0 unspecified atom stereocenters. The van der Waals surface area contributed by atoms with Gasteiger partial charge in [-0.3, -0.25) is 0 Å². The van der Waals surface area contributed by atoms with E-state index in [1.807, 2.05) is 48.5 Å². The number of nitrogens with zero attached hydrogens (tertiary/aromatic N) is 5. The van der Waals surface area contributed by atoms with Crippen LogP contribution in [-0.4, -0.2) is 66.4 Å². The molecular formula is C31H32BrF2N8O2P. The number of methoxy groups -OCH3 is 1. The molecule has 0 atom stereocenters. The molecule has 5 aromatic rings. The standard InChI is InChI=1S/C31H32BrF2N8O2P/c1-44-27-15-26(41-12-10-35-11-13-41)22(20-16-37-42(18-20)30(33)34)14-25(27)39-31-36-17-23(32)29(40-31)38-24-9-8-19-6-4-5-7-21(19)28(24)45(2,3)43/h4-9,14-18,30,35H,10-13H2,1-3H3,(H2,36,38,39,40). The van der Waals surface area contributed by atoms with Crippen LogP contribution in [-0.2, 0) is 4.57 Å². The van der Waals surface area contributed by atoms with Crippen LogP contribution in [0.25, 0.3) is 21.9 Å². The number of ether oxygens (including phenoxy) is 1. The zero-order chi connectivity index (χ0) is 31.7. The molecule has 45 heavy (non-hydrogen) atoms. The Morgan fingerprint density at radius 2 is 1.82 bits per heavy atom. The van der Waals surface area contributed by atoms with Gasteiger partial charge in [-0.1, -0.05) is 30.3 Å². The number of hydrogen-bond acceptors (Lipinski definition) is 9.